The fraction of sp³-hybridized carbons (Fsp3) is 0.455. The molecule has 0 aromatic heterocycles. The molecule has 90 valence electrons. The molecule has 5 heteroatoms. The topological polar surface area (TPSA) is 32.3 Å². The lowest BCUT2D eigenvalue weighted by Gasteiger charge is -2.14. The number of alkyl halides is 3. The van der Waals surface area contributed by atoms with Gasteiger partial charge < -0.3 is 10.4 Å². The molecule has 0 unspecified atom stereocenters. The van der Waals surface area contributed by atoms with Crippen LogP contribution >= 0.6 is 0 Å². The van der Waals surface area contributed by atoms with E-state index in [0.29, 0.717) is 5.69 Å². The normalized spacial score (nSPS) is 11.9. The number of aliphatic hydroxyl groups excluding tert-OH is 1. The summed E-state index contributed by atoms with van der Waals surface area (Å²) in [6, 6.07) is 3.54. The van der Waals surface area contributed by atoms with Crippen LogP contribution in [0, 0.1) is 0 Å². The molecule has 2 N–H and O–H groups in total. The van der Waals surface area contributed by atoms with Gasteiger partial charge in [-0.15, -0.1) is 0 Å². The number of anilines is 1. The monoisotopic (exact) mass is 233 g/mol. The van der Waals surface area contributed by atoms with Gasteiger partial charge in [0.1, 0.15) is 0 Å². The Morgan fingerprint density at radius 3 is 2.31 bits per heavy atom. The summed E-state index contributed by atoms with van der Waals surface area (Å²) in [5.41, 5.74) is -0.131. The van der Waals surface area contributed by atoms with Crippen LogP contribution < -0.4 is 5.32 Å². The summed E-state index contributed by atoms with van der Waals surface area (Å²) in [5, 5.41) is 11.8. The first-order chi connectivity index (χ1) is 7.32. The first kappa shape index (κ1) is 12.8. The van der Waals surface area contributed by atoms with Crippen molar-refractivity contribution < 1.29 is 18.3 Å². The quantitative estimate of drug-likeness (QED) is 0.841. The molecule has 0 bridgehead atoms. The largest absolute Gasteiger partial charge is 0.416 e. The van der Waals surface area contributed by atoms with Crippen molar-refractivity contribution in [1.29, 1.82) is 0 Å². The van der Waals surface area contributed by atoms with E-state index in [1.807, 2.05) is 13.8 Å². The molecule has 0 fully saturated rings. The van der Waals surface area contributed by atoms with Crippen LogP contribution in [0.15, 0.2) is 18.2 Å². The minimum Gasteiger partial charge on any atom is -0.392 e. The van der Waals surface area contributed by atoms with Gasteiger partial charge in [0.25, 0.3) is 0 Å². The highest BCUT2D eigenvalue weighted by Crippen LogP contribution is 2.32. The molecular weight excluding hydrogens is 219 g/mol. The van der Waals surface area contributed by atoms with Gasteiger partial charge in [0.2, 0.25) is 0 Å². The lowest BCUT2D eigenvalue weighted by Crippen LogP contribution is -2.12. The Morgan fingerprint density at radius 2 is 1.88 bits per heavy atom. The maximum absolute atomic E-state index is 12.5. The summed E-state index contributed by atoms with van der Waals surface area (Å²) in [7, 11) is 0. The van der Waals surface area contributed by atoms with Crippen LogP contribution in [0.25, 0.3) is 0 Å². The Morgan fingerprint density at radius 1 is 1.25 bits per heavy atom. The predicted molar refractivity (Wildman–Crippen MR) is 56.1 cm³/mol. The number of nitrogens with one attached hydrogen (secondary N) is 1. The van der Waals surface area contributed by atoms with Gasteiger partial charge in [0, 0.05) is 11.7 Å². The van der Waals surface area contributed by atoms with Crippen molar-refractivity contribution in [3.8, 4) is 0 Å². The molecule has 0 aliphatic carbocycles. The minimum atomic E-state index is -4.39. The lowest BCUT2D eigenvalue weighted by atomic mass is 10.1. The third kappa shape index (κ3) is 3.41. The van der Waals surface area contributed by atoms with Gasteiger partial charge in [-0.2, -0.15) is 13.2 Å². The number of halogens is 3. The smallest absolute Gasteiger partial charge is 0.392 e. The van der Waals surface area contributed by atoms with Crippen molar-refractivity contribution >= 4 is 5.69 Å². The predicted octanol–water partition coefficient (Wildman–Crippen LogP) is 3.02. The molecule has 1 rings (SSSR count). The Kier molecular flexibility index (Phi) is 3.80. The SMILES string of the molecule is CC(C)Nc1cc(CO)cc(C(F)(F)F)c1. The summed E-state index contributed by atoms with van der Waals surface area (Å²) in [6.45, 7) is 3.26. The molecular formula is C11H14F3NO. The van der Waals surface area contributed by atoms with Crippen molar-refractivity contribution in [3.05, 3.63) is 29.3 Å². The summed E-state index contributed by atoms with van der Waals surface area (Å²) >= 11 is 0. The second kappa shape index (κ2) is 4.74. The van der Waals surface area contributed by atoms with E-state index in [2.05, 4.69) is 5.32 Å². The lowest BCUT2D eigenvalue weighted by molar-refractivity contribution is -0.137. The van der Waals surface area contributed by atoms with E-state index in [1.54, 1.807) is 0 Å². The van der Waals surface area contributed by atoms with E-state index in [1.165, 1.54) is 6.07 Å². The number of hydrogen-bond donors (Lipinski definition) is 2. The number of hydrogen-bond acceptors (Lipinski definition) is 2. The highest BCUT2D eigenvalue weighted by Gasteiger charge is 2.31. The van der Waals surface area contributed by atoms with Crippen LogP contribution in [-0.4, -0.2) is 11.1 Å². The van der Waals surface area contributed by atoms with Crippen molar-refractivity contribution in [2.75, 3.05) is 5.32 Å². The van der Waals surface area contributed by atoms with Crippen molar-refractivity contribution in [1.82, 2.24) is 0 Å². The zero-order chi connectivity index (χ0) is 12.3. The zero-order valence-corrected chi connectivity index (χ0v) is 9.10. The van der Waals surface area contributed by atoms with Gasteiger partial charge >= 0.3 is 6.18 Å². The second-order valence-electron chi connectivity index (χ2n) is 3.87. The number of aliphatic hydroxyl groups is 1. The van der Waals surface area contributed by atoms with Crippen molar-refractivity contribution in [2.24, 2.45) is 0 Å². The molecule has 0 saturated carbocycles. The maximum atomic E-state index is 12.5. The molecule has 1 aromatic carbocycles. The van der Waals surface area contributed by atoms with E-state index >= 15 is 0 Å². The molecule has 0 radical (unpaired) electrons. The number of benzene rings is 1. The number of rotatable bonds is 3. The van der Waals surface area contributed by atoms with Gasteiger partial charge in [-0.05, 0) is 37.6 Å². The van der Waals surface area contributed by atoms with Gasteiger partial charge in [-0.3, -0.25) is 0 Å². The van der Waals surface area contributed by atoms with Gasteiger partial charge in [-0.25, -0.2) is 0 Å². The van der Waals surface area contributed by atoms with Gasteiger partial charge in [-0.1, -0.05) is 0 Å². The Balaban J connectivity index is 3.11. The molecule has 0 atom stereocenters. The van der Waals surface area contributed by atoms with E-state index in [9.17, 15) is 13.2 Å². The summed E-state index contributed by atoms with van der Waals surface area (Å²) in [6.07, 6.45) is -4.39. The Hall–Kier alpha value is -1.23. The molecule has 0 saturated heterocycles. The molecule has 2 nitrogen and oxygen atoms in total. The third-order valence-corrected chi connectivity index (χ3v) is 1.96. The fourth-order valence-corrected chi connectivity index (χ4v) is 1.36. The highest BCUT2D eigenvalue weighted by atomic mass is 19.4. The summed E-state index contributed by atoms with van der Waals surface area (Å²) in [5.74, 6) is 0. The average molecular weight is 233 g/mol. The summed E-state index contributed by atoms with van der Waals surface area (Å²) in [4.78, 5) is 0. The Labute approximate surface area is 92.1 Å². The highest BCUT2D eigenvalue weighted by molar-refractivity contribution is 5.50. The molecule has 0 amide bonds. The van der Waals surface area contributed by atoms with Crippen LogP contribution in [-0.2, 0) is 12.8 Å². The van der Waals surface area contributed by atoms with Crippen molar-refractivity contribution in [2.45, 2.75) is 32.7 Å². The zero-order valence-electron chi connectivity index (χ0n) is 9.10. The molecule has 0 aliphatic heterocycles. The molecule has 1 aromatic rings. The van der Waals surface area contributed by atoms with Gasteiger partial charge in [0.15, 0.2) is 0 Å². The maximum Gasteiger partial charge on any atom is 0.416 e. The fourth-order valence-electron chi connectivity index (χ4n) is 1.36. The van der Waals surface area contributed by atoms with E-state index in [4.69, 9.17) is 5.11 Å². The van der Waals surface area contributed by atoms with Crippen LogP contribution in [0.2, 0.25) is 0 Å². The van der Waals surface area contributed by atoms with Crippen LogP contribution in [0.3, 0.4) is 0 Å². The van der Waals surface area contributed by atoms with E-state index in [-0.39, 0.29) is 11.6 Å². The standard InChI is InChI=1S/C11H14F3NO/c1-7(2)15-10-4-8(6-16)3-9(5-10)11(12,13)14/h3-5,7,15-16H,6H2,1-2H3. The minimum absolute atomic E-state index is 0.0371. The third-order valence-electron chi connectivity index (χ3n) is 1.96. The molecule has 0 heterocycles. The average Bonchev–Trinajstić information content (AvgIpc) is 2.14. The summed E-state index contributed by atoms with van der Waals surface area (Å²) < 4.78 is 37.5. The van der Waals surface area contributed by atoms with E-state index < -0.39 is 18.3 Å². The Bertz CT molecular complexity index is 361. The first-order valence-electron chi connectivity index (χ1n) is 4.91. The molecule has 0 spiro atoms. The van der Waals surface area contributed by atoms with Crippen LogP contribution in [0.1, 0.15) is 25.0 Å². The van der Waals surface area contributed by atoms with E-state index in [0.717, 1.165) is 12.1 Å². The van der Waals surface area contributed by atoms with Gasteiger partial charge in [0.05, 0.1) is 12.2 Å². The second-order valence-corrected chi connectivity index (χ2v) is 3.87. The van der Waals surface area contributed by atoms with Crippen LogP contribution in [0.4, 0.5) is 18.9 Å². The van der Waals surface area contributed by atoms with Crippen molar-refractivity contribution in [3.63, 3.8) is 0 Å². The molecule has 0 aliphatic rings. The molecule has 16 heavy (non-hydrogen) atoms. The first-order valence-corrected chi connectivity index (χ1v) is 4.91. The van der Waals surface area contributed by atoms with Crippen LogP contribution in [0.5, 0.6) is 0 Å².